The average Bonchev–Trinajstić information content (AvgIpc) is 2.65. The average molecular weight is 305 g/mol. The van der Waals surface area contributed by atoms with E-state index in [0.717, 1.165) is 30.8 Å². The van der Waals surface area contributed by atoms with Gasteiger partial charge in [0.1, 0.15) is 11.1 Å². The number of nitriles is 1. The smallest absolute Gasteiger partial charge is 0.242 e. The van der Waals surface area contributed by atoms with Crippen molar-refractivity contribution in [3.8, 4) is 6.07 Å². The summed E-state index contributed by atoms with van der Waals surface area (Å²) in [4.78, 5) is 15.6. The molecule has 0 spiro atoms. The number of hydrogen-bond donors (Lipinski definition) is 1. The number of fused-ring (bicyclic) bond motifs is 1. The number of nitrogens with one attached hydrogen (secondary N) is 1. The largest absolute Gasteiger partial charge is 0.315 e. The molecule has 1 atom stereocenters. The maximum absolute atomic E-state index is 12.3. The molecule has 0 aromatic carbocycles. The van der Waals surface area contributed by atoms with Crippen LogP contribution < -0.4 is 5.32 Å². The molecule has 1 aliphatic carbocycles. The zero-order valence-corrected chi connectivity index (χ0v) is 13.8. The number of rotatable bonds is 4. The molecule has 1 heterocycles. The molecule has 21 heavy (non-hydrogen) atoms. The highest BCUT2D eigenvalue weighted by atomic mass is 32.1. The number of anilines is 1. The molecule has 2 rings (SSSR count). The number of carbonyl (C=O) groups is 1. The Morgan fingerprint density at radius 3 is 2.81 bits per heavy atom. The molecule has 1 aliphatic rings. The van der Waals surface area contributed by atoms with Crippen molar-refractivity contribution in [1.29, 1.82) is 5.26 Å². The van der Waals surface area contributed by atoms with Crippen LogP contribution in [0.1, 0.15) is 49.1 Å². The number of carbonyl (C=O) groups excluding carboxylic acids is 1. The highest BCUT2D eigenvalue weighted by Gasteiger charge is 2.23. The van der Waals surface area contributed by atoms with Gasteiger partial charge in [0, 0.05) is 4.88 Å². The lowest BCUT2D eigenvalue weighted by atomic mass is 10.1. The molecule has 0 saturated carbocycles. The van der Waals surface area contributed by atoms with Crippen LogP contribution in [0.25, 0.3) is 0 Å². The van der Waals surface area contributed by atoms with Gasteiger partial charge in [-0.2, -0.15) is 5.26 Å². The number of hydrogen-bond acceptors (Lipinski definition) is 4. The fourth-order valence-electron chi connectivity index (χ4n) is 2.64. The number of aryl methyl sites for hydroxylation is 1. The summed E-state index contributed by atoms with van der Waals surface area (Å²) in [6.45, 7) is 4.74. The van der Waals surface area contributed by atoms with Gasteiger partial charge in [-0.1, -0.05) is 13.3 Å². The van der Waals surface area contributed by atoms with E-state index in [9.17, 15) is 10.1 Å². The van der Waals surface area contributed by atoms with Crippen LogP contribution in [0.5, 0.6) is 0 Å². The van der Waals surface area contributed by atoms with Crippen molar-refractivity contribution in [2.24, 2.45) is 0 Å². The normalized spacial score (nSPS) is 16.0. The van der Waals surface area contributed by atoms with Crippen molar-refractivity contribution in [2.45, 2.75) is 52.0 Å². The van der Waals surface area contributed by atoms with E-state index in [1.807, 2.05) is 25.8 Å². The van der Waals surface area contributed by atoms with Gasteiger partial charge in [-0.15, -0.1) is 11.3 Å². The second-order valence-corrected chi connectivity index (χ2v) is 6.72. The summed E-state index contributed by atoms with van der Waals surface area (Å²) in [6.07, 6.45) is 5.55. The van der Waals surface area contributed by atoms with E-state index in [0.29, 0.717) is 5.56 Å². The fraction of sp³-hybridized carbons (Fsp3) is 0.625. The van der Waals surface area contributed by atoms with E-state index < -0.39 is 0 Å². The first kappa shape index (κ1) is 16.0. The maximum atomic E-state index is 12.3. The standard InChI is InChI=1S/C16H23N3OS/c1-4-19(3)11(2)15(20)18-16-13(10-17)12-8-6-5-7-9-14(12)21-16/h11H,4-9H2,1-3H3,(H,18,20)/t11-/m0/s1. The van der Waals surface area contributed by atoms with E-state index in [-0.39, 0.29) is 11.9 Å². The van der Waals surface area contributed by atoms with Crippen LogP contribution in [-0.4, -0.2) is 30.4 Å². The van der Waals surface area contributed by atoms with Gasteiger partial charge >= 0.3 is 0 Å². The van der Waals surface area contributed by atoms with E-state index in [2.05, 4.69) is 11.4 Å². The Bertz CT molecular complexity index is 559. The third-order valence-electron chi connectivity index (χ3n) is 4.31. The van der Waals surface area contributed by atoms with Gasteiger partial charge in [-0.3, -0.25) is 9.69 Å². The first-order valence-electron chi connectivity index (χ1n) is 7.64. The first-order chi connectivity index (χ1) is 10.1. The van der Waals surface area contributed by atoms with Gasteiger partial charge in [0.2, 0.25) is 5.91 Å². The molecule has 1 aromatic heterocycles. The zero-order valence-electron chi connectivity index (χ0n) is 13.0. The monoisotopic (exact) mass is 305 g/mol. The maximum Gasteiger partial charge on any atom is 0.242 e. The highest BCUT2D eigenvalue weighted by Crippen LogP contribution is 2.37. The summed E-state index contributed by atoms with van der Waals surface area (Å²) in [5, 5.41) is 13.2. The Morgan fingerprint density at radius 1 is 1.43 bits per heavy atom. The van der Waals surface area contributed by atoms with Crippen molar-refractivity contribution in [3.63, 3.8) is 0 Å². The molecule has 0 bridgehead atoms. The highest BCUT2D eigenvalue weighted by molar-refractivity contribution is 7.16. The van der Waals surface area contributed by atoms with E-state index in [1.54, 1.807) is 11.3 Å². The minimum absolute atomic E-state index is 0.0349. The first-order valence-corrected chi connectivity index (χ1v) is 8.45. The van der Waals surface area contributed by atoms with Crippen molar-refractivity contribution >= 4 is 22.2 Å². The molecule has 5 heteroatoms. The van der Waals surface area contributed by atoms with E-state index >= 15 is 0 Å². The topological polar surface area (TPSA) is 56.1 Å². The summed E-state index contributed by atoms with van der Waals surface area (Å²) in [7, 11) is 1.93. The van der Waals surface area contributed by atoms with Gasteiger partial charge < -0.3 is 5.32 Å². The van der Waals surface area contributed by atoms with Crippen LogP contribution in [-0.2, 0) is 17.6 Å². The van der Waals surface area contributed by atoms with Crippen molar-refractivity contribution in [1.82, 2.24) is 4.90 Å². The van der Waals surface area contributed by atoms with Gasteiger partial charge in [-0.25, -0.2) is 0 Å². The number of amides is 1. The predicted octanol–water partition coefficient (Wildman–Crippen LogP) is 3.17. The molecule has 1 amide bonds. The summed E-state index contributed by atoms with van der Waals surface area (Å²) >= 11 is 1.59. The Hall–Kier alpha value is -1.38. The molecule has 0 fully saturated rings. The number of nitrogens with zero attached hydrogens (tertiary/aromatic N) is 2. The van der Waals surface area contributed by atoms with Gasteiger partial charge in [-0.05, 0) is 51.8 Å². The fourth-order valence-corrected chi connectivity index (χ4v) is 3.88. The molecule has 1 N–H and O–H groups in total. The third kappa shape index (κ3) is 3.45. The van der Waals surface area contributed by atoms with Gasteiger partial charge in [0.05, 0.1) is 11.6 Å². The van der Waals surface area contributed by atoms with Crippen LogP contribution in [0, 0.1) is 11.3 Å². The molecular weight excluding hydrogens is 282 g/mol. The zero-order chi connectivity index (χ0) is 15.4. The van der Waals surface area contributed by atoms with Crippen LogP contribution in [0.4, 0.5) is 5.00 Å². The van der Waals surface area contributed by atoms with E-state index in [1.165, 1.54) is 23.3 Å². The number of thiophene rings is 1. The molecule has 0 aliphatic heterocycles. The summed E-state index contributed by atoms with van der Waals surface area (Å²) in [5.41, 5.74) is 1.86. The lowest BCUT2D eigenvalue weighted by Gasteiger charge is -2.21. The molecule has 0 radical (unpaired) electrons. The molecule has 1 aromatic rings. The Kier molecular flexibility index (Phi) is 5.38. The van der Waals surface area contributed by atoms with Gasteiger partial charge in [0.15, 0.2) is 0 Å². The van der Waals surface area contributed by atoms with Crippen molar-refractivity contribution < 1.29 is 4.79 Å². The number of likely N-dealkylation sites (N-methyl/N-ethyl adjacent to an activating group) is 1. The van der Waals surface area contributed by atoms with Gasteiger partial charge in [0.25, 0.3) is 0 Å². The second-order valence-electron chi connectivity index (χ2n) is 5.62. The van der Waals surface area contributed by atoms with Crippen LogP contribution in [0.15, 0.2) is 0 Å². The third-order valence-corrected chi connectivity index (χ3v) is 5.52. The molecule has 0 saturated heterocycles. The summed E-state index contributed by atoms with van der Waals surface area (Å²) < 4.78 is 0. The van der Waals surface area contributed by atoms with Crippen LogP contribution in [0.3, 0.4) is 0 Å². The quantitative estimate of drug-likeness (QED) is 0.869. The van der Waals surface area contributed by atoms with Crippen molar-refractivity contribution in [2.75, 3.05) is 18.9 Å². The summed E-state index contributed by atoms with van der Waals surface area (Å²) in [6, 6.07) is 2.11. The Morgan fingerprint density at radius 2 is 2.14 bits per heavy atom. The van der Waals surface area contributed by atoms with Crippen LogP contribution >= 0.6 is 11.3 Å². The Labute approximate surface area is 130 Å². The predicted molar refractivity (Wildman–Crippen MR) is 86.7 cm³/mol. The van der Waals surface area contributed by atoms with Crippen LogP contribution in [0.2, 0.25) is 0 Å². The Balaban J connectivity index is 2.21. The second kappa shape index (κ2) is 7.06. The minimum atomic E-state index is -0.191. The molecule has 4 nitrogen and oxygen atoms in total. The molecule has 0 unspecified atom stereocenters. The molecular formula is C16H23N3OS. The van der Waals surface area contributed by atoms with Crippen molar-refractivity contribution in [3.05, 3.63) is 16.0 Å². The lowest BCUT2D eigenvalue weighted by molar-refractivity contribution is -0.120. The minimum Gasteiger partial charge on any atom is -0.315 e. The molecule has 114 valence electrons. The van der Waals surface area contributed by atoms with E-state index in [4.69, 9.17) is 0 Å². The SMILES string of the molecule is CCN(C)[C@@H](C)C(=O)Nc1sc2c(c1C#N)CCCCC2. The summed E-state index contributed by atoms with van der Waals surface area (Å²) in [5.74, 6) is -0.0349. The lowest BCUT2D eigenvalue weighted by Crippen LogP contribution is -2.39.